The molecule has 1 aromatic heterocycles. The predicted octanol–water partition coefficient (Wildman–Crippen LogP) is 6.64. The van der Waals surface area contributed by atoms with Crippen molar-refractivity contribution < 1.29 is 0 Å². The van der Waals surface area contributed by atoms with Crippen molar-refractivity contribution in [3.63, 3.8) is 0 Å². The Morgan fingerprint density at radius 2 is 1.52 bits per heavy atom. The maximum atomic E-state index is 4.92. The highest BCUT2D eigenvalue weighted by Crippen LogP contribution is 2.48. The van der Waals surface area contributed by atoms with E-state index < -0.39 is 0 Å². The second-order valence-corrected chi connectivity index (χ2v) is 10.7. The molecule has 0 bridgehead atoms. The van der Waals surface area contributed by atoms with Gasteiger partial charge in [0.25, 0.3) is 0 Å². The van der Waals surface area contributed by atoms with Crippen molar-refractivity contribution in [1.82, 2.24) is 4.98 Å². The van der Waals surface area contributed by atoms with Gasteiger partial charge in [-0.25, -0.2) is 0 Å². The molecule has 25 heavy (non-hydrogen) atoms. The van der Waals surface area contributed by atoms with Crippen LogP contribution in [0.15, 0.2) is 41.4 Å². The van der Waals surface area contributed by atoms with Crippen molar-refractivity contribution in [2.75, 3.05) is 0 Å². The number of aryl methyl sites for hydroxylation is 2. The van der Waals surface area contributed by atoms with E-state index in [-0.39, 0.29) is 7.92 Å². The summed E-state index contributed by atoms with van der Waals surface area (Å²) < 4.78 is 0. The summed E-state index contributed by atoms with van der Waals surface area (Å²) in [5.74, 6) is 0. The van der Waals surface area contributed by atoms with Crippen molar-refractivity contribution in [2.24, 2.45) is 4.99 Å². The lowest BCUT2D eigenvalue weighted by Gasteiger charge is -2.25. The van der Waals surface area contributed by atoms with Gasteiger partial charge in [-0.15, -0.1) is 0 Å². The average Bonchev–Trinajstić information content (AvgIpc) is 2.55. The Balaban J connectivity index is 2.30. The van der Waals surface area contributed by atoms with Crippen molar-refractivity contribution in [3.05, 3.63) is 58.9 Å². The van der Waals surface area contributed by atoms with Crippen LogP contribution >= 0.6 is 7.92 Å². The molecule has 0 fully saturated rings. The molecule has 134 valence electrons. The Morgan fingerprint density at radius 3 is 2.08 bits per heavy atom. The predicted molar refractivity (Wildman–Crippen MR) is 113 cm³/mol. The molecule has 0 aliphatic rings. The minimum absolute atomic E-state index is 0.0473. The van der Waals surface area contributed by atoms with Crippen LogP contribution in [-0.2, 0) is 6.16 Å². The van der Waals surface area contributed by atoms with E-state index in [0.717, 1.165) is 34.6 Å². The number of para-hydroxylation sites is 1. The van der Waals surface area contributed by atoms with E-state index in [1.807, 2.05) is 0 Å². The lowest BCUT2D eigenvalue weighted by Crippen LogP contribution is -2.08. The summed E-state index contributed by atoms with van der Waals surface area (Å²) in [6, 6.07) is 12.7. The monoisotopic (exact) mass is 354 g/mol. The molecule has 0 aliphatic heterocycles. The minimum Gasteiger partial charge on any atom is -0.251 e. The lowest BCUT2D eigenvalue weighted by molar-refractivity contribution is 0.985. The van der Waals surface area contributed by atoms with Crippen molar-refractivity contribution in [1.29, 1.82) is 0 Å². The molecule has 2 rings (SSSR count). The third-order valence-corrected chi connectivity index (χ3v) is 7.91. The Hall–Kier alpha value is -1.53. The highest BCUT2D eigenvalue weighted by molar-refractivity contribution is 7.58. The first-order valence-electron chi connectivity index (χ1n) is 9.13. The van der Waals surface area contributed by atoms with Crippen molar-refractivity contribution in [2.45, 2.75) is 65.9 Å². The van der Waals surface area contributed by atoms with Crippen molar-refractivity contribution in [3.8, 4) is 0 Å². The number of benzene rings is 1. The van der Waals surface area contributed by atoms with Gasteiger partial charge in [-0.2, -0.15) is 0 Å². The molecule has 3 heteroatoms. The topological polar surface area (TPSA) is 25.2 Å². The third-order valence-electron chi connectivity index (χ3n) is 4.57. The van der Waals surface area contributed by atoms with Crippen LogP contribution in [0.25, 0.3) is 0 Å². The molecule has 0 amide bonds. The van der Waals surface area contributed by atoms with Crippen LogP contribution in [0.1, 0.15) is 57.1 Å². The maximum Gasteiger partial charge on any atom is 0.0845 e. The summed E-state index contributed by atoms with van der Waals surface area (Å²) in [5, 5.41) is 0. The molecular weight excluding hydrogens is 323 g/mol. The Labute approximate surface area is 154 Å². The first-order valence-corrected chi connectivity index (χ1v) is 10.8. The van der Waals surface area contributed by atoms with Crippen LogP contribution < -0.4 is 0 Å². The second kappa shape index (κ2) is 8.72. The van der Waals surface area contributed by atoms with Gasteiger partial charge in [-0.1, -0.05) is 59.9 Å². The number of aromatic nitrogens is 1. The fourth-order valence-electron chi connectivity index (χ4n) is 3.12. The summed E-state index contributed by atoms with van der Waals surface area (Å²) in [6.07, 6.45) is 1.09. The van der Waals surface area contributed by atoms with Gasteiger partial charge < -0.3 is 0 Å². The van der Waals surface area contributed by atoms with Gasteiger partial charge in [0, 0.05) is 11.9 Å². The summed E-state index contributed by atoms with van der Waals surface area (Å²) in [4.78, 5) is 9.80. The largest absolute Gasteiger partial charge is 0.251 e. The van der Waals surface area contributed by atoms with E-state index in [1.54, 1.807) is 0 Å². The number of rotatable bonds is 6. The molecule has 0 radical (unpaired) electrons. The van der Waals surface area contributed by atoms with Crippen LogP contribution in [0.3, 0.4) is 0 Å². The normalized spacial score (nSPS) is 12.5. The quantitative estimate of drug-likeness (QED) is 0.422. The highest BCUT2D eigenvalue weighted by atomic mass is 31.1. The van der Waals surface area contributed by atoms with E-state index in [9.17, 15) is 0 Å². The van der Waals surface area contributed by atoms with Gasteiger partial charge in [0.15, 0.2) is 0 Å². The van der Waals surface area contributed by atoms with Gasteiger partial charge in [0.05, 0.1) is 17.1 Å². The van der Waals surface area contributed by atoms with Gasteiger partial charge in [-0.3, -0.25) is 9.98 Å². The zero-order valence-corrected chi connectivity index (χ0v) is 17.6. The molecule has 2 nitrogen and oxygen atoms in total. The van der Waals surface area contributed by atoms with E-state index in [0.29, 0.717) is 0 Å². The van der Waals surface area contributed by atoms with E-state index in [4.69, 9.17) is 9.98 Å². The maximum absolute atomic E-state index is 4.92. The number of hydrogen-bond acceptors (Lipinski definition) is 2. The van der Waals surface area contributed by atoms with E-state index in [1.165, 1.54) is 16.8 Å². The number of nitrogens with zero attached hydrogens (tertiary/aromatic N) is 2. The van der Waals surface area contributed by atoms with Crippen LogP contribution in [0.4, 0.5) is 5.69 Å². The third kappa shape index (κ3) is 5.22. The zero-order valence-electron chi connectivity index (χ0n) is 16.7. The summed E-state index contributed by atoms with van der Waals surface area (Å²) in [5.41, 5.74) is 8.10. The van der Waals surface area contributed by atoms with E-state index in [2.05, 4.69) is 84.9 Å². The van der Waals surface area contributed by atoms with Gasteiger partial charge in [0.2, 0.25) is 0 Å². The van der Waals surface area contributed by atoms with Crippen LogP contribution in [0.2, 0.25) is 0 Å². The first-order chi connectivity index (χ1) is 11.8. The van der Waals surface area contributed by atoms with E-state index >= 15 is 0 Å². The summed E-state index contributed by atoms with van der Waals surface area (Å²) in [7, 11) is -0.0473. The van der Waals surface area contributed by atoms with Crippen LogP contribution in [0.5, 0.6) is 0 Å². The SMILES string of the molecule is CC(=Nc1c(C)cccc1C)c1cccc(CP(C(C)C)C(C)C)n1. The fraction of sp³-hybridized carbons (Fsp3) is 0.455. The standard InChI is InChI=1S/C22H31N2P/c1-15(2)25(16(3)4)14-20-12-9-13-21(24-20)19(7)23-22-17(5)10-8-11-18(22)6/h8-13,15-16H,14H2,1-7H3. The molecule has 0 atom stereocenters. The van der Waals surface area contributed by atoms with Gasteiger partial charge in [-0.05, 0) is 55.3 Å². The molecule has 1 aromatic carbocycles. The molecule has 0 saturated heterocycles. The molecule has 0 saturated carbocycles. The number of hydrogen-bond donors (Lipinski definition) is 0. The zero-order chi connectivity index (χ0) is 18.6. The molecule has 2 aromatic rings. The van der Waals surface area contributed by atoms with Crippen LogP contribution in [-0.4, -0.2) is 22.0 Å². The molecule has 0 aliphatic carbocycles. The molecule has 0 unspecified atom stereocenters. The lowest BCUT2D eigenvalue weighted by atomic mass is 10.1. The summed E-state index contributed by atoms with van der Waals surface area (Å²) in [6.45, 7) is 15.6. The van der Waals surface area contributed by atoms with Gasteiger partial charge >= 0.3 is 0 Å². The smallest absolute Gasteiger partial charge is 0.0845 e. The number of aliphatic imine (C=N–C) groups is 1. The second-order valence-electron chi connectivity index (χ2n) is 7.31. The molecule has 0 N–H and O–H groups in total. The summed E-state index contributed by atoms with van der Waals surface area (Å²) >= 11 is 0. The minimum atomic E-state index is -0.0473. The number of pyridine rings is 1. The average molecular weight is 354 g/mol. The highest BCUT2D eigenvalue weighted by Gasteiger charge is 2.18. The molecule has 1 heterocycles. The Morgan fingerprint density at radius 1 is 0.960 bits per heavy atom. The van der Waals surface area contributed by atoms with Crippen molar-refractivity contribution >= 4 is 19.3 Å². The molecular formula is C22H31N2P. The first kappa shape index (κ1) is 19.8. The molecule has 0 spiro atoms. The Bertz CT molecular complexity index is 719. The van der Waals surface area contributed by atoms with Gasteiger partial charge in [0.1, 0.15) is 0 Å². The Kier molecular flexibility index (Phi) is 6.90. The fourth-order valence-corrected chi connectivity index (χ4v) is 5.60. The van der Waals surface area contributed by atoms with Crippen LogP contribution in [0, 0.1) is 13.8 Å².